The molecule has 0 unspecified atom stereocenters. The van der Waals surface area contributed by atoms with Crippen LogP contribution >= 0.6 is 0 Å². The highest BCUT2D eigenvalue weighted by Gasteiger charge is 2.19. The van der Waals surface area contributed by atoms with Gasteiger partial charge in [-0.05, 0) is 55.8 Å². The van der Waals surface area contributed by atoms with E-state index in [1.807, 2.05) is 49.4 Å². The van der Waals surface area contributed by atoms with Crippen LogP contribution in [0.2, 0.25) is 0 Å². The van der Waals surface area contributed by atoms with Gasteiger partial charge < -0.3 is 24.4 Å². The van der Waals surface area contributed by atoms with Gasteiger partial charge in [-0.15, -0.1) is 0 Å². The number of hydrogen-bond acceptors (Lipinski definition) is 6. The molecule has 0 saturated carbocycles. The average Bonchev–Trinajstić information content (AvgIpc) is 2.73. The predicted octanol–water partition coefficient (Wildman–Crippen LogP) is 2.78. The highest BCUT2D eigenvalue weighted by molar-refractivity contribution is 5.95. The largest absolute Gasteiger partial charge is 0.482 e. The van der Waals surface area contributed by atoms with Gasteiger partial charge in [-0.25, -0.2) is 4.79 Å². The molecule has 1 aliphatic rings. The number of nitrogens with zero attached hydrogens (tertiary/aromatic N) is 1. The third-order valence-electron chi connectivity index (χ3n) is 4.53. The molecule has 29 heavy (non-hydrogen) atoms. The Hall–Kier alpha value is -3.06. The second-order valence-corrected chi connectivity index (χ2v) is 6.87. The number of rotatable bonds is 7. The van der Waals surface area contributed by atoms with E-state index in [0.29, 0.717) is 11.4 Å². The normalized spacial score (nSPS) is 14.8. The Kier molecular flexibility index (Phi) is 7.08. The van der Waals surface area contributed by atoms with Crippen molar-refractivity contribution < 1.29 is 23.8 Å². The van der Waals surface area contributed by atoms with Crippen LogP contribution in [0.5, 0.6) is 5.75 Å². The third kappa shape index (κ3) is 6.22. The number of ether oxygens (including phenoxy) is 3. The molecular weight excluding hydrogens is 372 g/mol. The number of benzene rings is 2. The monoisotopic (exact) mass is 398 g/mol. The molecule has 0 spiro atoms. The lowest BCUT2D eigenvalue weighted by molar-refractivity contribution is -0.155. The van der Waals surface area contributed by atoms with E-state index in [-0.39, 0.29) is 6.61 Å². The van der Waals surface area contributed by atoms with Crippen LogP contribution in [0.1, 0.15) is 12.5 Å². The van der Waals surface area contributed by atoms with Gasteiger partial charge in [0.1, 0.15) is 5.75 Å². The molecule has 7 nitrogen and oxygen atoms in total. The average molecular weight is 398 g/mol. The molecule has 0 bridgehead atoms. The van der Waals surface area contributed by atoms with Crippen molar-refractivity contribution in [1.82, 2.24) is 0 Å². The van der Waals surface area contributed by atoms with Gasteiger partial charge in [0.2, 0.25) is 0 Å². The lowest BCUT2D eigenvalue weighted by atomic mass is 10.2. The van der Waals surface area contributed by atoms with Crippen LogP contribution in [0.4, 0.5) is 11.4 Å². The molecule has 1 saturated heterocycles. The highest BCUT2D eigenvalue weighted by atomic mass is 16.6. The first-order valence-corrected chi connectivity index (χ1v) is 9.64. The van der Waals surface area contributed by atoms with Gasteiger partial charge in [0.25, 0.3) is 5.91 Å². The topological polar surface area (TPSA) is 77.1 Å². The summed E-state index contributed by atoms with van der Waals surface area (Å²) in [5.41, 5.74) is 2.76. The summed E-state index contributed by atoms with van der Waals surface area (Å²) in [5.74, 6) is -0.413. The molecule has 2 aromatic rings. The summed E-state index contributed by atoms with van der Waals surface area (Å²) in [4.78, 5) is 26.5. The van der Waals surface area contributed by atoms with Gasteiger partial charge >= 0.3 is 5.97 Å². The molecule has 1 heterocycles. The summed E-state index contributed by atoms with van der Waals surface area (Å²) in [6.45, 7) is 6.35. The standard InChI is InChI=1S/C22H26N2O5/c1-16-4-3-5-20(14-16)28-15-21(25)29-17(2)22(26)23-18-6-8-19(9-7-18)24-10-12-27-13-11-24/h3-9,14,17H,10-13,15H2,1-2H3,(H,23,26)/t17-/m0/s1. The second-order valence-electron chi connectivity index (χ2n) is 6.87. The first-order chi connectivity index (χ1) is 14.0. The molecule has 3 rings (SSSR count). The first-order valence-electron chi connectivity index (χ1n) is 9.64. The minimum absolute atomic E-state index is 0.255. The van der Waals surface area contributed by atoms with E-state index >= 15 is 0 Å². The van der Waals surface area contributed by atoms with E-state index in [0.717, 1.165) is 37.6 Å². The maximum Gasteiger partial charge on any atom is 0.344 e. The fraction of sp³-hybridized carbons (Fsp3) is 0.364. The van der Waals surface area contributed by atoms with Crippen LogP contribution in [0, 0.1) is 6.92 Å². The summed E-state index contributed by atoms with van der Waals surface area (Å²) in [7, 11) is 0. The molecule has 1 aliphatic heterocycles. The van der Waals surface area contributed by atoms with Crippen molar-refractivity contribution in [3.63, 3.8) is 0 Å². The summed E-state index contributed by atoms with van der Waals surface area (Å²) in [6, 6.07) is 14.9. The smallest absolute Gasteiger partial charge is 0.344 e. The van der Waals surface area contributed by atoms with Crippen molar-refractivity contribution >= 4 is 23.3 Å². The number of carbonyl (C=O) groups excluding carboxylic acids is 2. The second kappa shape index (κ2) is 9.93. The van der Waals surface area contributed by atoms with Crippen molar-refractivity contribution in [2.45, 2.75) is 20.0 Å². The van der Waals surface area contributed by atoms with Crippen LogP contribution in [0.25, 0.3) is 0 Å². The molecule has 1 fully saturated rings. The van der Waals surface area contributed by atoms with Crippen molar-refractivity contribution in [2.75, 3.05) is 43.1 Å². The zero-order valence-corrected chi connectivity index (χ0v) is 16.7. The van der Waals surface area contributed by atoms with Crippen LogP contribution < -0.4 is 15.0 Å². The molecule has 2 aromatic carbocycles. The minimum atomic E-state index is -0.928. The molecule has 154 valence electrons. The summed E-state index contributed by atoms with van der Waals surface area (Å²) < 4.78 is 15.9. The number of hydrogen-bond donors (Lipinski definition) is 1. The Labute approximate surface area is 170 Å². The number of carbonyl (C=O) groups is 2. The maximum atomic E-state index is 12.3. The third-order valence-corrected chi connectivity index (χ3v) is 4.53. The molecule has 0 radical (unpaired) electrons. The van der Waals surface area contributed by atoms with Gasteiger partial charge in [0, 0.05) is 24.5 Å². The lowest BCUT2D eigenvalue weighted by Crippen LogP contribution is -2.36. The van der Waals surface area contributed by atoms with E-state index < -0.39 is 18.0 Å². The molecule has 1 N–H and O–H groups in total. The van der Waals surface area contributed by atoms with Crippen LogP contribution in [-0.2, 0) is 19.1 Å². The zero-order valence-electron chi connectivity index (χ0n) is 16.7. The van der Waals surface area contributed by atoms with Gasteiger partial charge in [0.05, 0.1) is 13.2 Å². The maximum absolute atomic E-state index is 12.3. The number of esters is 1. The summed E-state index contributed by atoms with van der Waals surface area (Å²) >= 11 is 0. The van der Waals surface area contributed by atoms with E-state index in [1.54, 1.807) is 6.07 Å². The quantitative estimate of drug-likeness (QED) is 0.723. The number of anilines is 2. The molecule has 0 aromatic heterocycles. The fourth-order valence-electron chi connectivity index (χ4n) is 2.95. The van der Waals surface area contributed by atoms with Crippen molar-refractivity contribution in [3.05, 3.63) is 54.1 Å². The fourth-order valence-corrected chi connectivity index (χ4v) is 2.95. The molecule has 1 atom stereocenters. The minimum Gasteiger partial charge on any atom is -0.482 e. The highest BCUT2D eigenvalue weighted by Crippen LogP contribution is 2.19. The van der Waals surface area contributed by atoms with Crippen molar-refractivity contribution in [2.24, 2.45) is 0 Å². The molecular formula is C22H26N2O5. The SMILES string of the molecule is Cc1cccc(OCC(=O)O[C@@H](C)C(=O)Nc2ccc(N3CCOCC3)cc2)c1. The van der Waals surface area contributed by atoms with Crippen LogP contribution in [-0.4, -0.2) is 50.9 Å². The zero-order chi connectivity index (χ0) is 20.6. The number of amides is 1. The van der Waals surface area contributed by atoms with Gasteiger partial charge in [-0.3, -0.25) is 4.79 Å². The van der Waals surface area contributed by atoms with Crippen LogP contribution in [0.3, 0.4) is 0 Å². The van der Waals surface area contributed by atoms with Crippen molar-refractivity contribution in [3.8, 4) is 5.75 Å². The lowest BCUT2D eigenvalue weighted by Gasteiger charge is -2.28. The van der Waals surface area contributed by atoms with E-state index in [9.17, 15) is 9.59 Å². The molecule has 7 heteroatoms. The van der Waals surface area contributed by atoms with Gasteiger partial charge in [-0.2, -0.15) is 0 Å². The van der Waals surface area contributed by atoms with E-state index in [1.165, 1.54) is 6.92 Å². The van der Waals surface area contributed by atoms with E-state index in [4.69, 9.17) is 14.2 Å². The Morgan fingerprint density at radius 1 is 1.14 bits per heavy atom. The predicted molar refractivity (Wildman–Crippen MR) is 110 cm³/mol. The van der Waals surface area contributed by atoms with E-state index in [2.05, 4.69) is 10.2 Å². The van der Waals surface area contributed by atoms with Gasteiger partial charge in [0.15, 0.2) is 12.7 Å². The number of morpholine rings is 1. The van der Waals surface area contributed by atoms with Crippen molar-refractivity contribution in [1.29, 1.82) is 0 Å². The Morgan fingerprint density at radius 2 is 1.86 bits per heavy atom. The number of nitrogens with one attached hydrogen (secondary N) is 1. The summed E-state index contributed by atoms with van der Waals surface area (Å²) in [5, 5.41) is 2.76. The Balaban J connectivity index is 1.45. The first kappa shape index (κ1) is 20.7. The molecule has 1 amide bonds. The van der Waals surface area contributed by atoms with Gasteiger partial charge in [-0.1, -0.05) is 12.1 Å². The molecule has 0 aliphatic carbocycles. The summed E-state index contributed by atoms with van der Waals surface area (Å²) in [6.07, 6.45) is -0.928. The number of aryl methyl sites for hydroxylation is 1. The van der Waals surface area contributed by atoms with Crippen LogP contribution in [0.15, 0.2) is 48.5 Å². The Morgan fingerprint density at radius 3 is 2.55 bits per heavy atom. The Bertz CT molecular complexity index is 831.